The molecule has 0 spiro atoms. The zero-order valence-electron chi connectivity index (χ0n) is 20.4. The number of carbonyl (C=O) groups is 2. The molecule has 4 rings (SSSR count). The lowest BCUT2D eigenvalue weighted by molar-refractivity contribution is -0.132. The SMILES string of the molecule is COc1ccc(/C(O)=C2/C(=O)C(=O)N(c3ccc(C)cc3)C2c2ccc(F)cc2)cc1C(C)(C)C. The molecular weight excluding hydrogens is 445 g/mol. The first-order valence-electron chi connectivity index (χ1n) is 11.3. The van der Waals surface area contributed by atoms with Crippen LogP contribution in [0.5, 0.6) is 5.75 Å². The number of nitrogens with zero attached hydrogens (tertiary/aromatic N) is 1. The van der Waals surface area contributed by atoms with Gasteiger partial charge in [-0.05, 0) is 60.4 Å². The molecular formula is C29H28FNO4. The highest BCUT2D eigenvalue weighted by molar-refractivity contribution is 6.51. The van der Waals surface area contributed by atoms with Gasteiger partial charge in [0, 0.05) is 16.8 Å². The Morgan fingerprint density at radius 1 is 0.971 bits per heavy atom. The Morgan fingerprint density at radius 2 is 1.60 bits per heavy atom. The minimum absolute atomic E-state index is 0.0489. The van der Waals surface area contributed by atoms with E-state index in [2.05, 4.69) is 0 Å². The third kappa shape index (κ3) is 4.44. The lowest BCUT2D eigenvalue weighted by Gasteiger charge is -2.26. The van der Waals surface area contributed by atoms with Crippen molar-refractivity contribution >= 4 is 23.1 Å². The van der Waals surface area contributed by atoms with Crippen molar-refractivity contribution in [1.29, 1.82) is 0 Å². The van der Waals surface area contributed by atoms with Crippen molar-refractivity contribution in [2.24, 2.45) is 0 Å². The molecule has 1 amide bonds. The summed E-state index contributed by atoms with van der Waals surface area (Å²) < 4.78 is 19.2. The van der Waals surface area contributed by atoms with Gasteiger partial charge in [0.1, 0.15) is 17.3 Å². The number of rotatable bonds is 4. The normalized spacial score (nSPS) is 17.7. The quantitative estimate of drug-likeness (QED) is 0.284. The molecule has 0 saturated carbocycles. The van der Waals surface area contributed by atoms with E-state index in [-0.39, 0.29) is 16.7 Å². The van der Waals surface area contributed by atoms with Crippen LogP contribution in [0.4, 0.5) is 10.1 Å². The molecule has 3 aromatic carbocycles. The fourth-order valence-corrected chi connectivity index (χ4v) is 4.36. The summed E-state index contributed by atoms with van der Waals surface area (Å²) in [6.07, 6.45) is 0. The summed E-state index contributed by atoms with van der Waals surface area (Å²) in [5.41, 5.74) is 2.91. The van der Waals surface area contributed by atoms with Gasteiger partial charge in [-0.15, -0.1) is 0 Å². The van der Waals surface area contributed by atoms with E-state index in [1.165, 1.54) is 29.2 Å². The number of aliphatic hydroxyl groups is 1. The summed E-state index contributed by atoms with van der Waals surface area (Å²) in [6, 6.07) is 17.0. The molecule has 180 valence electrons. The monoisotopic (exact) mass is 473 g/mol. The first kappa shape index (κ1) is 24.2. The predicted molar refractivity (Wildman–Crippen MR) is 134 cm³/mol. The van der Waals surface area contributed by atoms with Crippen LogP contribution >= 0.6 is 0 Å². The highest BCUT2D eigenvalue weighted by Crippen LogP contribution is 2.43. The number of ether oxygens (including phenoxy) is 1. The van der Waals surface area contributed by atoms with Crippen molar-refractivity contribution in [3.05, 3.63) is 100 Å². The van der Waals surface area contributed by atoms with Crippen molar-refractivity contribution in [1.82, 2.24) is 0 Å². The van der Waals surface area contributed by atoms with Gasteiger partial charge in [-0.1, -0.05) is 50.6 Å². The molecule has 0 radical (unpaired) electrons. The minimum Gasteiger partial charge on any atom is -0.507 e. The van der Waals surface area contributed by atoms with Crippen molar-refractivity contribution in [2.75, 3.05) is 12.0 Å². The molecule has 1 fully saturated rings. The second kappa shape index (κ2) is 9.02. The maximum Gasteiger partial charge on any atom is 0.300 e. The fraction of sp³-hybridized carbons (Fsp3) is 0.241. The number of anilines is 1. The Labute approximate surface area is 204 Å². The summed E-state index contributed by atoms with van der Waals surface area (Å²) in [7, 11) is 1.58. The highest BCUT2D eigenvalue weighted by atomic mass is 19.1. The molecule has 1 atom stereocenters. The summed E-state index contributed by atoms with van der Waals surface area (Å²) in [6.45, 7) is 7.97. The van der Waals surface area contributed by atoms with Gasteiger partial charge in [0.2, 0.25) is 0 Å². The number of benzene rings is 3. The lowest BCUT2D eigenvalue weighted by atomic mass is 9.84. The van der Waals surface area contributed by atoms with Crippen molar-refractivity contribution < 1.29 is 23.8 Å². The Bertz CT molecular complexity index is 1320. The number of aliphatic hydroxyl groups excluding tert-OH is 1. The zero-order valence-corrected chi connectivity index (χ0v) is 20.4. The lowest BCUT2D eigenvalue weighted by Crippen LogP contribution is -2.29. The molecule has 35 heavy (non-hydrogen) atoms. The second-order valence-corrected chi connectivity index (χ2v) is 9.72. The van der Waals surface area contributed by atoms with Crippen LogP contribution in [-0.2, 0) is 15.0 Å². The Hall–Kier alpha value is -3.93. The Balaban J connectivity index is 1.95. The van der Waals surface area contributed by atoms with Crippen LogP contribution in [0.2, 0.25) is 0 Å². The Kier molecular flexibility index (Phi) is 6.24. The van der Waals surface area contributed by atoms with Gasteiger partial charge in [0.25, 0.3) is 11.7 Å². The van der Waals surface area contributed by atoms with Crippen LogP contribution in [0, 0.1) is 12.7 Å². The molecule has 1 N–H and O–H groups in total. The first-order valence-corrected chi connectivity index (χ1v) is 11.3. The molecule has 1 heterocycles. The van der Waals surface area contributed by atoms with Gasteiger partial charge in [0.15, 0.2) is 0 Å². The number of amides is 1. The van der Waals surface area contributed by atoms with Gasteiger partial charge >= 0.3 is 0 Å². The maximum absolute atomic E-state index is 13.7. The van der Waals surface area contributed by atoms with E-state index < -0.39 is 23.5 Å². The summed E-state index contributed by atoms with van der Waals surface area (Å²) >= 11 is 0. The molecule has 1 saturated heterocycles. The minimum atomic E-state index is -0.918. The van der Waals surface area contributed by atoms with E-state index >= 15 is 0 Å². The third-order valence-electron chi connectivity index (χ3n) is 6.22. The number of methoxy groups -OCH3 is 1. The summed E-state index contributed by atoms with van der Waals surface area (Å²) in [4.78, 5) is 27.9. The molecule has 0 aliphatic carbocycles. The first-order chi connectivity index (χ1) is 16.5. The van der Waals surface area contributed by atoms with Crippen molar-refractivity contribution in [3.63, 3.8) is 0 Å². The average molecular weight is 474 g/mol. The number of hydrogen-bond acceptors (Lipinski definition) is 4. The molecule has 3 aromatic rings. The molecule has 1 aliphatic heterocycles. The predicted octanol–water partition coefficient (Wildman–Crippen LogP) is 6.07. The average Bonchev–Trinajstić information content (AvgIpc) is 3.09. The molecule has 1 unspecified atom stereocenters. The largest absolute Gasteiger partial charge is 0.507 e. The van der Waals surface area contributed by atoms with Gasteiger partial charge in [-0.2, -0.15) is 0 Å². The summed E-state index contributed by atoms with van der Waals surface area (Å²) in [5.74, 6) is -1.63. The molecule has 1 aliphatic rings. The standard InChI is InChI=1S/C29H28FNO4/c1-17-6-13-21(14-7-17)31-25(18-8-11-20(30)12-9-18)24(27(33)28(31)34)26(32)19-10-15-23(35-5)22(16-19)29(2,3)4/h6-16,25,32H,1-5H3/b26-24-. The van der Waals surface area contributed by atoms with E-state index in [4.69, 9.17) is 4.74 Å². The van der Waals surface area contributed by atoms with Gasteiger partial charge in [-0.25, -0.2) is 4.39 Å². The molecule has 0 aromatic heterocycles. The van der Waals surface area contributed by atoms with Crippen molar-refractivity contribution in [2.45, 2.75) is 39.2 Å². The van der Waals surface area contributed by atoms with Crippen LogP contribution in [0.25, 0.3) is 5.76 Å². The number of ketones is 1. The molecule has 0 bridgehead atoms. The third-order valence-corrected chi connectivity index (χ3v) is 6.22. The van der Waals surface area contributed by atoms with E-state index in [0.717, 1.165) is 11.1 Å². The van der Waals surface area contributed by atoms with Crippen LogP contribution in [0.3, 0.4) is 0 Å². The number of hydrogen-bond donors (Lipinski definition) is 1. The summed E-state index contributed by atoms with van der Waals surface area (Å²) in [5, 5.41) is 11.4. The topological polar surface area (TPSA) is 66.8 Å². The van der Waals surface area contributed by atoms with E-state index in [9.17, 15) is 19.1 Å². The zero-order chi connectivity index (χ0) is 25.5. The van der Waals surface area contributed by atoms with Crippen molar-refractivity contribution in [3.8, 4) is 5.75 Å². The maximum atomic E-state index is 13.7. The van der Waals surface area contributed by atoms with E-state index in [0.29, 0.717) is 22.6 Å². The fourth-order valence-electron chi connectivity index (χ4n) is 4.36. The van der Waals surface area contributed by atoms with Gasteiger partial charge in [0.05, 0.1) is 18.7 Å². The van der Waals surface area contributed by atoms with Crippen LogP contribution in [0.15, 0.2) is 72.3 Å². The molecule has 5 nitrogen and oxygen atoms in total. The van der Waals surface area contributed by atoms with Crippen LogP contribution in [0.1, 0.15) is 49.1 Å². The number of aryl methyl sites for hydroxylation is 1. The molecule has 6 heteroatoms. The second-order valence-electron chi connectivity index (χ2n) is 9.72. The van der Waals surface area contributed by atoms with Crippen LogP contribution < -0.4 is 9.64 Å². The smallest absolute Gasteiger partial charge is 0.300 e. The number of halogens is 1. The van der Waals surface area contributed by atoms with E-state index in [1.54, 1.807) is 37.4 Å². The Morgan fingerprint density at radius 3 is 2.17 bits per heavy atom. The number of carbonyl (C=O) groups excluding carboxylic acids is 2. The van der Waals surface area contributed by atoms with Gasteiger partial charge in [-0.3, -0.25) is 14.5 Å². The van der Waals surface area contributed by atoms with Gasteiger partial charge < -0.3 is 9.84 Å². The highest BCUT2D eigenvalue weighted by Gasteiger charge is 2.47. The van der Waals surface area contributed by atoms with Crippen LogP contribution in [-0.4, -0.2) is 23.9 Å². The van der Waals surface area contributed by atoms with E-state index in [1.807, 2.05) is 39.8 Å². The number of Topliss-reactive ketones (excluding diaryl/α,β-unsaturated/α-hetero) is 1.